The van der Waals surface area contributed by atoms with Gasteiger partial charge in [0.1, 0.15) is 4.88 Å². The molecule has 1 aromatic heterocycles. The van der Waals surface area contributed by atoms with Crippen LogP contribution in [0.5, 0.6) is 0 Å². The maximum absolute atomic E-state index is 12.2. The van der Waals surface area contributed by atoms with E-state index in [1.54, 1.807) is 18.2 Å². The molecule has 0 saturated heterocycles. The number of benzene rings is 1. The first-order valence-corrected chi connectivity index (χ1v) is 7.26. The Morgan fingerprint density at radius 3 is 2.75 bits per heavy atom. The minimum atomic E-state index is -0.222. The molecule has 0 fully saturated rings. The van der Waals surface area contributed by atoms with E-state index in [0.717, 1.165) is 17.1 Å². The van der Waals surface area contributed by atoms with E-state index in [1.807, 2.05) is 0 Å². The van der Waals surface area contributed by atoms with Gasteiger partial charge in [-0.2, -0.15) is 0 Å². The van der Waals surface area contributed by atoms with Gasteiger partial charge >= 0.3 is 0 Å². The van der Waals surface area contributed by atoms with Gasteiger partial charge in [-0.05, 0) is 29.2 Å². The first-order chi connectivity index (χ1) is 9.61. The fraction of sp³-hybridized carbons (Fsp3) is 0.250. The van der Waals surface area contributed by atoms with Crippen LogP contribution in [0.25, 0.3) is 0 Å². The first-order valence-electron chi connectivity index (χ1n) is 5.73. The number of carbonyl (C=O) groups excluding carboxylic acids is 1. The van der Waals surface area contributed by atoms with Crippen LogP contribution >= 0.6 is 34.7 Å². The summed E-state index contributed by atoms with van der Waals surface area (Å²) in [6.07, 6.45) is 1.41. The van der Waals surface area contributed by atoms with Gasteiger partial charge in [0.15, 0.2) is 0 Å². The van der Waals surface area contributed by atoms with Crippen molar-refractivity contribution in [3.8, 4) is 0 Å². The highest BCUT2D eigenvalue weighted by molar-refractivity contribution is 7.07. The van der Waals surface area contributed by atoms with Crippen LogP contribution in [0.4, 0.5) is 0 Å². The zero-order chi connectivity index (χ0) is 14.5. The van der Waals surface area contributed by atoms with Crippen LogP contribution in [0.15, 0.2) is 24.4 Å². The third-order valence-corrected chi connectivity index (χ3v) is 3.98. The lowest BCUT2D eigenvalue weighted by molar-refractivity contribution is 0.0712. The molecule has 0 unspecified atom stereocenters. The summed E-state index contributed by atoms with van der Waals surface area (Å²) in [5, 5.41) is 13.6. The summed E-state index contributed by atoms with van der Waals surface area (Å²) >= 11 is 12.8. The predicted molar refractivity (Wildman–Crippen MR) is 78.2 cm³/mol. The largest absolute Gasteiger partial charge is 0.395 e. The quantitative estimate of drug-likeness (QED) is 0.913. The van der Waals surface area contributed by atoms with Crippen molar-refractivity contribution in [3.63, 3.8) is 0 Å². The van der Waals surface area contributed by atoms with Gasteiger partial charge in [-0.3, -0.25) is 4.79 Å². The minimum absolute atomic E-state index is 0.126. The monoisotopic (exact) mass is 331 g/mol. The summed E-state index contributed by atoms with van der Waals surface area (Å²) in [5.41, 5.74) is 0.832. The molecule has 8 heteroatoms. The lowest BCUT2D eigenvalue weighted by Crippen LogP contribution is -2.32. The number of aromatic nitrogens is 2. The second kappa shape index (κ2) is 6.99. The van der Waals surface area contributed by atoms with Crippen molar-refractivity contribution in [1.82, 2.24) is 14.5 Å². The zero-order valence-corrected chi connectivity index (χ0v) is 12.6. The highest BCUT2D eigenvalue weighted by Crippen LogP contribution is 2.23. The number of hydrogen-bond donors (Lipinski definition) is 1. The van der Waals surface area contributed by atoms with Gasteiger partial charge in [-0.1, -0.05) is 33.8 Å². The fourth-order valence-corrected chi connectivity index (χ4v) is 2.45. The molecule has 0 bridgehead atoms. The molecular formula is C12H11Cl2N3O2S. The number of aliphatic hydroxyl groups excluding tert-OH is 1. The van der Waals surface area contributed by atoms with E-state index in [4.69, 9.17) is 28.3 Å². The molecule has 20 heavy (non-hydrogen) atoms. The summed E-state index contributed by atoms with van der Waals surface area (Å²) < 4.78 is 3.66. The van der Waals surface area contributed by atoms with Crippen molar-refractivity contribution in [2.45, 2.75) is 6.54 Å². The lowest BCUT2D eigenvalue weighted by atomic mass is 10.2. The summed E-state index contributed by atoms with van der Waals surface area (Å²) in [4.78, 5) is 14.2. The van der Waals surface area contributed by atoms with E-state index in [9.17, 15) is 4.79 Å². The molecule has 0 radical (unpaired) electrons. The Morgan fingerprint density at radius 1 is 1.35 bits per heavy atom. The standard InChI is InChI=1S/C12H11Cl2N3O2S/c13-9-2-1-8(5-10(9)14)7-17(3-4-18)12(19)11-6-15-16-20-11/h1-2,5-6,18H,3-4,7H2. The molecule has 106 valence electrons. The summed E-state index contributed by atoms with van der Waals surface area (Å²) in [6, 6.07) is 5.17. The second-order valence-electron chi connectivity index (χ2n) is 3.98. The smallest absolute Gasteiger partial charge is 0.267 e. The Hall–Kier alpha value is -1.21. The molecule has 1 aromatic carbocycles. The topological polar surface area (TPSA) is 66.3 Å². The van der Waals surface area contributed by atoms with E-state index in [1.165, 1.54) is 11.1 Å². The van der Waals surface area contributed by atoms with Crippen LogP contribution in [0.3, 0.4) is 0 Å². The zero-order valence-electron chi connectivity index (χ0n) is 10.3. The second-order valence-corrected chi connectivity index (χ2v) is 5.58. The maximum Gasteiger partial charge on any atom is 0.267 e. The van der Waals surface area contributed by atoms with Crippen molar-refractivity contribution in [2.24, 2.45) is 0 Å². The number of nitrogens with zero attached hydrogens (tertiary/aromatic N) is 3. The fourth-order valence-electron chi connectivity index (χ4n) is 1.65. The lowest BCUT2D eigenvalue weighted by Gasteiger charge is -2.21. The first kappa shape index (κ1) is 15.2. The molecule has 0 aliphatic carbocycles. The van der Waals surface area contributed by atoms with Gasteiger partial charge in [-0.15, -0.1) is 5.10 Å². The number of amides is 1. The summed E-state index contributed by atoms with van der Waals surface area (Å²) in [6.45, 7) is 0.421. The number of rotatable bonds is 5. The molecule has 1 heterocycles. The molecule has 1 amide bonds. The van der Waals surface area contributed by atoms with E-state index in [-0.39, 0.29) is 19.1 Å². The van der Waals surface area contributed by atoms with Crippen molar-refractivity contribution in [3.05, 3.63) is 44.9 Å². The van der Waals surface area contributed by atoms with Gasteiger partial charge in [-0.25, -0.2) is 0 Å². The number of aliphatic hydroxyl groups is 1. The SMILES string of the molecule is O=C(c1cnns1)N(CCO)Cc1ccc(Cl)c(Cl)c1. The van der Waals surface area contributed by atoms with E-state index in [2.05, 4.69) is 9.59 Å². The molecular weight excluding hydrogens is 321 g/mol. The number of halogens is 2. The normalized spacial score (nSPS) is 10.6. The maximum atomic E-state index is 12.2. The Balaban J connectivity index is 2.16. The Kier molecular flexibility index (Phi) is 5.31. The van der Waals surface area contributed by atoms with Crippen molar-refractivity contribution >= 4 is 40.6 Å². The van der Waals surface area contributed by atoms with Crippen LogP contribution in [0.1, 0.15) is 15.2 Å². The minimum Gasteiger partial charge on any atom is -0.395 e. The van der Waals surface area contributed by atoms with Gasteiger partial charge < -0.3 is 10.0 Å². The predicted octanol–water partition coefficient (Wildman–Crippen LogP) is 2.48. The van der Waals surface area contributed by atoms with Gasteiger partial charge in [0.2, 0.25) is 0 Å². The molecule has 0 saturated carbocycles. The Labute approximate surface area is 129 Å². The Bertz CT molecular complexity index is 592. The van der Waals surface area contributed by atoms with E-state index in [0.29, 0.717) is 21.5 Å². The van der Waals surface area contributed by atoms with Crippen LogP contribution < -0.4 is 0 Å². The van der Waals surface area contributed by atoms with Gasteiger partial charge in [0.05, 0.1) is 22.8 Å². The molecule has 0 spiro atoms. The third-order valence-electron chi connectivity index (χ3n) is 2.59. The highest BCUT2D eigenvalue weighted by Gasteiger charge is 2.18. The van der Waals surface area contributed by atoms with Crippen molar-refractivity contribution in [2.75, 3.05) is 13.2 Å². The van der Waals surface area contributed by atoms with Crippen molar-refractivity contribution < 1.29 is 9.90 Å². The van der Waals surface area contributed by atoms with Gasteiger partial charge in [0.25, 0.3) is 5.91 Å². The number of hydrogen-bond acceptors (Lipinski definition) is 5. The summed E-state index contributed by atoms with van der Waals surface area (Å²) in [7, 11) is 0. The van der Waals surface area contributed by atoms with Crippen LogP contribution in [0.2, 0.25) is 10.0 Å². The van der Waals surface area contributed by atoms with Gasteiger partial charge in [0, 0.05) is 13.1 Å². The Morgan fingerprint density at radius 2 is 2.15 bits per heavy atom. The van der Waals surface area contributed by atoms with Crippen LogP contribution in [-0.4, -0.2) is 38.7 Å². The van der Waals surface area contributed by atoms with E-state index < -0.39 is 0 Å². The summed E-state index contributed by atoms with van der Waals surface area (Å²) in [5.74, 6) is -0.222. The number of carbonyl (C=O) groups is 1. The molecule has 5 nitrogen and oxygen atoms in total. The van der Waals surface area contributed by atoms with Crippen molar-refractivity contribution in [1.29, 1.82) is 0 Å². The molecule has 2 aromatic rings. The molecule has 0 atom stereocenters. The van der Waals surface area contributed by atoms with Crippen LogP contribution in [0, 0.1) is 0 Å². The molecule has 1 N–H and O–H groups in total. The molecule has 0 aliphatic rings. The highest BCUT2D eigenvalue weighted by atomic mass is 35.5. The van der Waals surface area contributed by atoms with E-state index >= 15 is 0 Å². The third kappa shape index (κ3) is 3.67. The van der Waals surface area contributed by atoms with Crippen LogP contribution in [-0.2, 0) is 6.54 Å². The molecule has 2 rings (SSSR count). The average Bonchev–Trinajstić information content (AvgIpc) is 2.95. The molecule has 0 aliphatic heterocycles. The average molecular weight is 332 g/mol.